The van der Waals surface area contributed by atoms with Crippen LogP contribution in [0.2, 0.25) is 0 Å². The van der Waals surface area contributed by atoms with Gasteiger partial charge in [0.1, 0.15) is 0 Å². The van der Waals surface area contributed by atoms with Crippen molar-refractivity contribution in [1.29, 1.82) is 0 Å². The normalized spacial score (nSPS) is 33.0. The third-order valence-corrected chi connectivity index (χ3v) is 3.85. The maximum atomic E-state index is 10.7. The summed E-state index contributed by atoms with van der Waals surface area (Å²) in [5.41, 5.74) is 5.20. The molecule has 1 rings (SSSR count). The maximum absolute atomic E-state index is 10.7. The summed E-state index contributed by atoms with van der Waals surface area (Å²) in [6, 6.07) is 0. The standard InChI is InChI=1S/C13H27NO2/c1-4-5-11(9-14)13(15)6-7-16-12(8-13)10(2)3/h10-12,15H,4-9,14H2,1-3H3. The molecule has 1 aliphatic rings. The molecule has 16 heavy (non-hydrogen) atoms. The Morgan fingerprint density at radius 3 is 2.69 bits per heavy atom. The quantitative estimate of drug-likeness (QED) is 0.757. The van der Waals surface area contributed by atoms with E-state index < -0.39 is 5.60 Å². The van der Waals surface area contributed by atoms with E-state index in [4.69, 9.17) is 10.5 Å². The molecular formula is C13H27NO2. The van der Waals surface area contributed by atoms with Gasteiger partial charge in [-0.25, -0.2) is 0 Å². The zero-order chi connectivity index (χ0) is 12.2. The highest BCUT2D eigenvalue weighted by molar-refractivity contribution is 4.92. The molecule has 1 saturated heterocycles. The molecule has 0 aromatic heterocycles. The Bertz CT molecular complexity index is 208. The van der Waals surface area contributed by atoms with E-state index in [2.05, 4.69) is 20.8 Å². The van der Waals surface area contributed by atoms with Gasteiger partial charge in [0, 0.05) is 18.9 Å². The fourth-order valence-electron chi connectivity index (χ4n) is 2.65. The molecule has 3 unspecified atom stereocenters. The van der Waals surface area contributed by atoms with E-state index >= 15 is 0 Å². The molecule has 1 aliphatic heterocycles. The van der Waals surface area contributed by atoms with Crippen LogP contribution in [0.5, 0.6) is 0 Å². The second-order valence-corrected chi connectivity index (χ2v) is 5.43. The van der Waals surface area contributed by atoms with Crippen molar-refractivity contribution in [2.24, 2.45) is 17.6 Å². The lowest BCUT2D eigenvalue weighted by molar-refractivity contribution is -0.142. The third kappa shape index (κ3) is 3.19. The van der Waals surface area contributed by atoms with Gasteiger partial charge in [-0.1, -0.05) is 27.2 Å². The van der Waals surface area contributed by atoms with Crippen LogP contribution in [0.25, 0.3) is 0 Å². The molecule has 3 heteroatoms. The SMILES string of the molecule is CCCC(CN)C1(O)CCOC(C(C)C)C1. The number of rotatable bonds is 5. The van der Waals surface area contributed by atoms with Gasteiger partial charge in [-0.05, 0) is 25.3 Å². The minimum absolute atomic E-state index is 0.185. The molecule has 0 aromatic rings. The molecule has 0 amide bonds. The average Bonchev–Trinajstić information content (AvgIpc) is 2.25. The van der Waals surface area contributed by atoms with Crippen LogP contribution in [-0.4, -0.2) is 30.0 Å². The van der Waals surface area contributed by atoms with Crippen LogP contribution in [0.4, 0.5) is 0 Å². The molecule has 1 fully saturated rings. The minimum Gasteiger partial charge on any atom is -0.389 e. The first-order chi connectivity index (χ1) is 7.53. The monoisotopic (exact) mass is 229 g/mol. The van der Waals surface area contributed by atoms with E-state index in [0.717, 1.165) is 25.7 Å². The Labute approximate surface area is 99.4 Å². The van der Waals surface area contributed by atoms with Crippen LogP contribution < -0.4 is 5.73 Å². The smallest absolute Gasteiger partial charge is 0.0734 e. The number of nitrogens with two attached hydrogens (primary N) is 1. The van der Waals surface area contributed by atoms with Gasteiger partial charge in [-0.15, -0.1) is 0 Å². The van der Waals surface area contributed by atoms with Crippen molar-refractivity contribution in [2.75, 3.05) is 13.2 Å². The number of aliphatic hydroxyl groups is 1. The fraction of sp³-hybridized carbons (Fsp3) is 1.00. The van der Waals surface area contributed by atoms with Gasteiger partial charge in [0.05, 0.1) is 11.7 Å². The van der Waals surface area contributed by atoms with Crippen molar-refractivity contribution < 1.29 is 9.84 Å². The maximum Gasteiger partial charge on any atom is 0.0734 e. The third-order valence-electron chi connectivity index (χ3n) is 3.85. The van der Waals surface area contributed by atoms with Crippen molar-refractivity contribution in [3.05, 3.63) is 0 Å². The molecule has 96 valence electrons. The van der Waals surface area contributed by atoms with Gasteiger partial charge >= 0.3 is 0 Å². The van der Waals surface area contributed by atoms with Crippen molar-refractivity contribution >= 4 is 0 Å². The van der Waals surface area contributed by atoms with Crippen LogP contribution in [0.3, 0.4) is 0 Å². The summed E-state index contributed by atoms with van der Waals surface area (Å²) in [6.45, 7) is 7.68. The van der Waals surface area contributed by atoms with E-state index in [1.54, 1.807) is 0 Å². The van der Waals surface area contributed by atoms with Crippen molar-refractivity contribution in [3.8, 4) is 0 Å². The Hall–Kier alpha value is -0.120. The summed E-state index contributed by atoms with van der Waals surface area (Å²) in [7, 11) is 0. The van der Waals surface area contributed by atoms with Crippen LogP contribution in [0.15, 0.2) is 0 Å². The first kappa shape index (κ1) is 13.9. The van der Waals surface area contributed by atoms with Crippen LogP contribution in [0.1, 0.15) is 46.5 Å². The predicted octanol–water partition coefficient (Wildman–Crippen LogP) is 1.93. The van der Waals surface area contributed by atoms with Gasteiger partial charge in [0.15, 0.2) is 0 Å². The molecular weight excluding hydrogens is 202 g/mol. The lowest BCUT2D eigenvalue weighted by Gasteiger charge is -2.43. The Morgan fingerprint density at radius 1 is 1.50 bits per heavy atom. The highest BCUT2D eigenvalue weighted by Crippen LogP contribution is 2.35. The molecule has 1 heterocycles. The van der Waals surface area contributed by atoms with Crippen molar-refractivity contribution in [1.82, 2.24) is 0 Å². The molecule has 3 atom stereocenters. The number of ether oxygens (including phenoxy) is 1. The zero-order valence-electron chi connectivity index (χ0n) is 10.9. The van der Waals surface area contributed by atoms with Gasteiger partial charge in [-0.2, -0.15) is 0 Å². The van der Waals surface area contributed by atoms with E-state index in [1.807, 2.05) is 0 Å². The minimum atomic E-state index is -0.599. The molecule has 0 saturated carbocycles. The van der Waals surface area contributed by atoms with Crippen molar-refractivity contribution in [3.63, 3.8) is 0 Å². The Morgan fingerprint density at radius 2 is 2.19 bits per heavy atom. The molecule has 0 aliphatic carbocycles. The van der Waals surface area contributed by atoms with Crippen molar-refractivity contribution in [2.45, 2.75) is 58.2 Å². The van der Waals surface area contributed by atoms with Gasteiger partial charge in [-0.3, -0.25) is 0 Å². The van der Waals surface area contributed by atoms with Crippen LogP contribution in [0, 0.1) is 11.8 Å². The van der Waals surface area contributed by atoms with Crippen LogP contribution >= 0.6 is 0 Å². The van der Waals surface area contributed by atoms with E-state index in [0.29, 0.717) is 19.1 Å². The lowest BCUT2D eigenvalue weighted by Crippen LogP contribution is -2.50. The Kier molecular flexibility index (Phi) is 5.22. The summed E-state index contributed by atoms with van der Waals surface area (Å²) in [5, 5.41) is 10.7. The molecule has 0 bridgehead atoms. The summed E-state index contributed by atoms with van der Waals surface area (Å²) < 4.78 is 5.71. The van der Waals surface area contributed by atoms with Gasteiger partial charge in [0.2, 0.25) is 0 Å². The molecule has 3 N–H and O–H groups in total. The second kappa shape index (κ2) is 5.99. The summed E-state index contributed by atoms with van der Waals surface area (Å²) in [4.78, 5) is 0. The molecule has 0 spiro atoms. The highest BCUT2D eigenvalue weighted by atomic mass is 16.5. The summed E-state index contributed by atoms with van der Waals surface area (Å²) >= 11 is 0. The Balaban J connectivity index is 2.66. The summed E-state index contributed by atoms with van der Waals surface area (Å²) in [6.07, 6.45) is 3.75. The predicted molar refractivity (Wildman–Crippen MR) is 66.2 cm³/mol. The molecule has 3 nitrogen and oxygen atoms in total. The zero-order valence-corrected chi connectivity index (χ0v) is 10.9. The van der Waals surface area contributed by atoms with Gasteiger partial charge in [0.25, 0.3) is 0 Å². The topological polar surface area (TPSA) is 55.5 Å². The van der Waals surface area contributed by atoms with E-state index in [-0.39, 0.29) is 12.0 Å². The average molecular weight is 229 g/mol. The number of hydrogen-bond donors (Lipinski definition) is 2. The van der Waals surface area contributed by atoms with Gasteiger partial charge < -0.3 is 15.6 Å². The first-order valence-electron chi connectivity index (χ1n) is 6.57. The summed E-state index contributed by atoms with van der Waals surface area (Å²) in [5.74, 6) is 0.689. The largest absolute Gasteiger partial charge is 0.389 e. The fourth-order valence-corrected chi connectivity index (χ4v) is 2.65. The van der Waals surface area contributed by atoms with E-state index in [1.165, 1.54) is 0 Å². The second-order valence-electron chi connectivity index (χ2n) is 5.43. The number of hydrogen-bond acceptors (Lipinski definition) is 3. The lowest BCUT2D eigenvalue weighted by atomic mass is 9.75. The van der Waals surface area contributed by atoms with Crippen LogP contribution in [-0.2, 0) is 4.74 Å². The highest BCUT2D eigenvalue weighted by Gasteiger charge is 2.41. The molecule has 0 radical (unpaired) electrons. The van der Waals surface area contributed by atoms with E-state index in [9.17, 15) is 5.11 Å². The first-order valence-corrected chi connectivity index (χ1v) is 6.57. The molecule has 0 aromatic carbocycles.